The van der Waals surface area contributed by atoms with E-state index < -0.39 is 4.92 Å². The van der Waals surface area contributed by atoms with Crippen molar-refractivity contribution < 1.29 is 9.66 Å². The molecule has 7 heteroatoms. The molecule has 0 heterocycles. The van der Waals surface area contributed by atoms with Crippen LogP contribution in [0.1, 0.15) is 6.42 Å². The van der Waals surface area contributed by atoms with Gasteiger partial charge in [0.2, 0.25) is 0 Å². The fourth-order valence-corrected chi connectivity index (χ4v) is 1.43. The molecule has 1 aromatic carbocycles. The molecule has 0 aliphatic rings. The number of hydrogen-bond donors (Lipinski definition) is 0. The Kier molecular flexibility index (Phi) is 5.12. The van der Waals surface area contributed by atoms with E-state index in [1.165, 1.54) is 12.1 Å². The average Bonchev–Trinajstić information content (AvgIpc) is 2.23. The van der Waals surface area contributed by atoms with Crippen molar-refractivity contribution in [3.05, 3.63) is 32.3 Å². The molecule has 0 aliphatic carbocycles. The maximum absolute atomic E-state index is 10.7. The summed E-state index contributed by atoms with van der Waals surface area (Å²) in [4.78, 5) is 10.1. The summed E-state index contributed by atoms with van der Waals surface area (Å²) in [6, 6.07) is 2.50. The summed E-state index contributed by atoms with van der Waals surface area (Å²) >= 11 is 16.9. The third-order valence-corrected chi connectivity index (χ3v) is 2.72. The van der Waals surface area contributed by atoms with Crippen LogP contribution in [-0.4, -0.2) is 17.4 Å². The molecule has 0 N–H and O–H groups in total. The van der Waals surface area contributed by atoms with Gasteiger partial charge in [0.15, 0.2) is 5.75 Å². The van der Waals surface area contributed by atoms with Crippen LogP contribution in [0.4, 0.5) is 5.69 Å². The van der Waals surface area contributed by atoms with Crippen LogP contribution in [0, 0.1) is 10.1 Å². The van der Waals surface area contributed by atoms with Crippen molar-refractivity contribution >= 4 is 40.5 Å². The zero-order valence-corrected chi connectivity index (χ0v) is 10.3. The van der Waals surface area contributed by atoms with Crippen LogP contribution < -0.4 is 4.74 Å². The van der Waals surface area contributed by atoms with Gasteiger partial charge in [-0.2, -0.15) is 0 Å². The monoisotopic (exact) mass is 283 g/mol. The first-order valence-corrected chi connectivity index (χ1v) is 5.67. The first-order chi connectivity index (χ1) is 7.56. The Hall–Kier alpha value is -0.710. The molecule has 0 fully saturated rings. The minimum Gasteiger partial charge on any atom is -0.487 e. The van der Waals surface area contributed by atoms with Gasteiger partial charge in [0, 0.05) is 18.0 Å². The van der Waals surface area contributed by atoms with E-state index >= 15 is 0 Å². The maximum Gasteiger partial charge on any atom is 0.312 e. The average molecular weight is 285 g/mol. The van der Waals surface area contributed by atoms with Gasteiger partial charge >= 0.3 is 5.69 Å². The summed E-state index contributed by atoms with van der Waals surface area (Å²) in [5.41, 5.74) is -0.205. The molecule has 0 unspecified atom stereocenters. The largest absolute Gasteiger partial charge is 0.487 e. The van der Waals surface area contributed by atoms with Crippen LogP contribution in [0.15, 0.2) is 12.1 Å². The highest BCUT2D eigenvalue weighted by molar-refractivity contribution is 6.42. The van der Waals surface area contributed by atoms with Gasteiger partial charge in [-0.3, -0.25) is 10.1 Å². The molecule has 0 atom stereocenters. The third-order valence-electron chi connectivity index (χ3n) is 1.73. The van der Waals surface area contributed by atoms with Crippen LogP contribution in [0.3, 0.4) is 0 Å². The van der Waals surface area contributed by atoms with E-state index in [1.54, 1.807) is 0 Å². The summed E-state index contributed by atoms with van der Waals surface area (Å²) in [6.45, 7) is 0.294. The Morgan fingerprint density at radius 1 is 1.31 bits per heavy atom. The van der Waals surface area contributed by atoms with Crippen molar-refractivity contribution in [3.8, 4) is 5.75 Å². The molecule has 1 aromatic rings. The second-order valence-electron chi connectivity index (χ2n) is 2.88. The van der Waals surface area contributed by atoms with Crippen molar-refractivity contribution in [3.63, 3.8) is 0 Å². The Morgan fingerprint density at radius 2 is 1.94 bits per heavy atom. The van der Waals surface area contributed by atoms with Crippen LogP contribution in [0.2, 0.25) is 10.0 Å². The summed E-state index contributed by atoms with van der Waals surface area (Å²) in [7, 11) is 0. The van der Waals surface area contributed by atoms with Crippen molar-refractivity contribution in [2.24, 2.45) is 0 Å². The number of benzene rings is 1. The van der Waals surface area contributed by atoms with Gasteiger partial charge in [-0.25, -0.2) is 0 Å². The zero-order chi connectivity index (χ0) is 12.1. The Balaban J connectivity index is 2.95. The number of nitro groups is 1. The van der Waals surface area contributed by atoms with E-state index in [1.807, 2.05) is 0 Å². The molecule has 0 aromatic heterocycles. The first kappa shape index (κ1) is 13.4. The Bertz CT molecular complexity index is 398. The van der Waals surface area contributed by atoms with E-state index in [2.05, 4.69) is 0 Å². The lowest BCUT2D eigenvalue weighted by Crippen LogP contribution is -2.01. The molecule has 0 amide bonds. The molecule has 4 nitrogen and oxygen atoms in total. The molecular formula is C9H8Cl3NO3. The summed E-state index contributed by atoms with van der Waals surface area (Å²) < 4.78 is 5.21. The van der Waals surface area contributed by atoms with Crippen molar-refractivity contribution in [2.75, 3.05) is 12.5 Å². The molecule has 0 bridgehead atoms. The predicted octanol–water partition coefficient (Wildman–Crippen LogP) is 3.91. The lowest BCUT2D eigenvalue weighted by atomic mass is 10.3. The van der Waals surface area contributed by atoms with Crippen LogP contribution in [0.5, 0.6) is 5.75 Å². The maximum atomic E-state index is 10.7. The minimum absolute atomic E-state index is 0.101. The number of nitrogens with zero attached hydrogens (tertiary/aromatic N) is 1. The number of hydrogen-bond acceptors (Lipinski definition) is 3. The van der Waals surface area contributed by atoms with Gasteiger partial charge in [0.05, 0.1) is 21.6 Å². The smallest absolute Gasteiger partial charge is 0.312 e. The Labute approximate surface area is 107 Å². The van der Waals surface area contributed by atoms with Crippen molar-refractivity contribution in [2.45, 2.75) is 6.42 Å². The predicted molar refractivity (Wildman–Crippen MR) is 63.9 cm³/mol. The highest BCUT2D eigenvalue weighted by atomic mass is 35.5. The molecule has 0 aliphatic heterocycles. The highest BCUT2D eigenvalue weighted by Gasteiger charge is 2.18. The third kappa shape index (κ3) is 3.40. The number of halogens is 3. The molecule has 0 spiro atoms. The van der Waals surface area contributed by atoms with E-state index in [-0.39, 0.29) is 21.5 Å². The standard InChI is InChI=1S/C9H8Cl3NO3/c10-2-1-3-16-9-5-7(12)6(11)4-8(9)13(14)15/h4-5H,1-3H2. The second-order valence-corrected chi connectivity index (χ2v) is 4.07. The molecule has 0 radical (unpaired) electrons. The van der Waals surface area contributed by atoms with Gasteiger partial charge in [-0.1, -0.05) is 23.2 Å². The van der Waals surface area contributed by atoms with Crippen molar-refractivity contribution in [1.29, 1.82) is 0 Å². The van der Waals surface area contributed by atoms with E-state index in [4.69, 9.17) is 39.5 Å². The number of ether oxygens (including phenoxy) is 1. The van der Waals surface area contributed by atoms with E-state index in [0.29, 0.717) is 18.9 Å². The van der Waals surface area contributed by atoms with Crippen LogP contribution in [-0.2, 0) is 0 Å². The molecular weight excluding hydrogens is 276 g/mol. The SMILES string of the molecule is O=[N+]([O-])c1cc(Cl)c(Cl)cc1OCCCCl. The molecule has 88 valence electrons. The van der Waals surface area contributed by atoms with Gasteiger partial charge in [-0.05, 0) is 6.42 Å². The first-order valence-electron chi connectivity index (χ1n) is 4.38. The zero-order valence-electron chi connectivity index (χ0n) is 8.08. The Morgan fingerprint density at radius 3 is 2.50 bits per heavy atom. The van der Waals surface area contributed by atoms with E-state index in [0.717, 1.165) is 0 Å². The molecule has 0 saturated heterocycles. The molecule has 16 heavy (non-hydrogen) atoms. The van der Waals surface area contributed by atoms with Gasteiger partial charge in [-0.15, -0.1) is 11.6 Å². The lowest BCUT2D eigenvalue weighted by Gasteiger charge is -2.06. The normalized spacial score (nSPS) is 10.2. The summed E-state index contributed by atoms with van der Waals surface area (Å²) in [5.74, 6) is 0.527. The van der Waals surface area contributed by atoms with Crippen LogP contribution in [0.25, 0.3) is 0 Å². The number of nitro benzene ring substituents is 1. The van der Waals surface area contributed by atoms with E-state index in [9.17, 15) is 10.1 Å². The topological polar surface area (TPSA) is 52.4 Å². The lowest BCUT2D eigenvalue weighted by molar-refractivity contribution is -0.385. The fraction of sp³-hybridized carbons (Fsp3) is 0.333. The second kappa shape index (κ2) is 6.13. The number of alkyl halides is 1. The van der Waals surface area contributed by atoms with Crippen molar-refractivity contribution in [1.82, 2.24) is 0 Å². The quantitative estimate of drug-likeness (QED) is 0.356. The highest BCUT2D eigenvalue weighted by Crippen LogP contribution is 2.35. The minimum atomic E-state index is -0.571. The van der Waals surface area contributed by atoms with Gasteiger partial charge in [0.1, 0.15) is 0 Å². The van der Waals surface area contributed by atoms with Gasteiger partial charge in [0.25, 0.3) is 0 Å². The molecule has 1 rings (SSSR count). The fourth-order valence-electron chi connectivity index (χ4n) is 1.01. The van der Waals surface area contributed by atoms with Crippen LogP contribution >= 0.6 is 34.8 Å². The summed E-state index contributed by atoms with van der Waals surface area (Å²) in [5, 5.41) is 11.1. The summed E-state index contributed by atoms with van der Waals surface area (Å²) in [6.07, 6.45) is 0.596. The number of rotatable bonds is 5. The van der Waals surface area contributed by atoms with Gasteiger partial charge < -0.3 is 4.74 Å². The molecule has 0 saturated carbocycles.